The van der Waals surface area contributed by atoms with Gasteiger partial charge in [0.05, 0.1) is 20.3 Å². The summed E-state index contributed by atoms with van der Waals surface area (Å²) in [4.78, 5) is 2.41. The molecule has 0 aromatic heterocycles. The second-order valence-corrected chi connectivity index (χ2v) is 19.1. The summed E-state index contributed by atoms with van der Waals surface area (Å²) in [6.45, 7) is 17.6. The minimum absolute atomic E-state index is 0.137. The van der Waals surface area contributed by atoms with Crippen molar-refractivity contribution in [3.63, 3.8) is 0 Å². The quantitative estimate of drug-likeness (QED) is 0.175. The molecule has 4 nitrogen and oxygen atoms in total. The van der Waals surface area contributed by atoms with E-state index in [0.29, 0.717) is 0 Å². The van der Waals surface area contributed by atoms with Gasteiger partial charge in [0.2, 0.25) is 0 Å². The van der Waals surface area contributed by atoms with Gasteiger partial charge in [0.15, 0.2) is 5.60 Å². The zero-order chi connectivity index (χ0) is 40.0. The first-order chi connectivity index (χ1) is 27.9. The molecule has 6 aromatic carbocycles. The van der Waals surface area contributed by atoms with E-state index < -0.39 is 5.60 Å². The predicted molar refractivity (Wildman–Crippen MR) is 239 cm³/mol. The van der Waals surface area contributed by atoms with Crippen LogP contribution in [0.25, 0.3) is 39.1 Å². The van der Waals surface area contributed by atoms with Crippen molar-refractivity contribution in [1.82, 2.24) is 0 Å². The van der Waals surface area contributed by atoms with E-state index in [0.717, 1.165) is 72.7 Å². The maximum atomic E-state index is 7.86. The molecule has 0 amide bonds. The average molecular weight is 766 g/mol. The topological polar surface area (TPSA) is 30.9 Å². The van der Waals surface area contributed by atoms with Crippen LogP contribution in [-0.2, 0) is 15.8 Å². The van der Waals surface area contributed by atoms with E-state index in [-0.39, 0.29) is 16.2 Å². The van der Waals surface area contributed by atoms with Gasteiger partial charge in [0, 0.05) is 51.8 Å². The molecule has 1 spiro atoms. The summed E-state index contributed by atoms with van der Waals surface area (Å²) < 4.78 is 19.9. The van der Waals surface area contributed by atoms with Crippen molar-refractivity contribution >= 4 is 22.5 Å². The zero-order valence-corrected chi connectivity index (χ0v) is 35.2. The van der Waals surface area contributed by atoms with Crippen LogP contribution in [0.1, 0.15) is 85.9 Å². The fraction of sp³-hybridized carbons (Fsp3) is 0.333. The minimum Gasteiger partial charge on any atom is -0.496 e. The van der Waals surface area contributed by atoms with Gasteiger partial charge in [-0.3, -0.25) is 0 Å². The van der Waals surface area contributed by atoms with Crippen molar-refractivity contribution in [3.8, 4) is 33.8 Å². The Kier molecular flexibility index (Phi) is 8.52. The molecule has 2 aliphatic heterocycles. The molecule has 0 N–H and O–H groups in total. The Balaban J connectivity index is 1.29. The Hall–Kier alpha value is -5.32. The van der Waals surface area contributed by atoms with Crippen LogP contribution >= 0.6 is 0 Å². The highest BCUT2D eigenvalue weighted by Crippen LogP contribution is 2.67. The lowest BCUT2D eigenvalue weighted by Gasteiger charge is -2.52. The largest absolute Gasteiger partial charge is 0.496 e. The number of rotatable bonds is 5. The highest BCUT2D eigenvalue weighted by molar-refractivity contribution is 6.11. The molecule has 4 heteroatoms. The lowest BCUT2D eigenvalue weighted by atomic mass is 9.52. The maximum absolute atomic E-state index is 7.86. The fourth-order valence-corrected chi connectivity index (χ4v) is 12.1. The molecular weight excluding hydrogens is 711 g/mol. The molecule has 0 bridgehead atoms. The zero-order valence-electron chi connectivity index (χ0n) is 35.2. The molecular formula is C54H55NO3. The fourth-order valence-electron chi connectivity index (χ4n) is 12.1. The smallest absolute Gasteiger partial charge is 0.178 e. The number of morpholine rings is 1. The van der Waals surface area contributed by atoms with E-state index in [2.05, 4.69) is 168 Å². The first-order valence-electron chi connectivity index (χ1n) is 21.2. The van der Waals surface area contributed by atoms with Crippen LogP contribution < -0.4 is 14.4 Å². The first kappa shape index (κ1) is 37.0. The van der Waals surface area contributed by atoms with Crippen LogP contribution in [-0.4, -0.2) is 33.4 Å². The Bertz CT molecular complexity index is 2590. The number of ether oxygens (including phenoxy) is 3. The third-order valence-corrected chi connectivity index (χ3v) is 13.6. The van der Waals surface area contributed by atoms with Crippen LogP contribution in [0.15, 0.2) is 115 Å². The van der Waals surface area contributed by atoms with Crippen molar-refractivity contribution < 1.29 is 14.2 Å². The highest BCUT2D eigenvalue weighted by atomic mass is 16.5. The van der Waals surface area contributed by atoms with Crippen molar-refractivity contribution in [2.45, 2.75) is 71.8 Å². The Labute approximate surface area is 344 Å². The SMILES string of the molecule is COc1cc2c3c(c4c(c2cc1-c1ccc(C)cc1C)-c1ccccc1C41CC(C)(C)CC(C)(C)C1)C=CC(c1ccccc1)(c1ccc(N2CCOCC2)cc1)O3. The normalized spacial score (nSPS) is 21.0. The van der Waals surface area contributed by atoms with Crippen molar-refractivity contribution in [3.05, 3.63) is 154 Å². The van der Waals surface area contributed by atoms with Crippen LogP contribution in [0.4, 0.5) is 5.69 Å². The molecule has 1 saturated carbocycles. The maximum Gasteiger partial charge on any atom is 0.178 e. The van der Waals surface area contributed by atoms with E-state index in [1.165, 1.54) is 62.0 Å². The van der Waals surface area contributed by atoms with Crippen LogP contribution in [0.2, 0.25) is 0 Å². The average Bonchev–Trinajstić information content (AvgIpc) is 3.48. The summed E-state index contributed by atoms with van der Waals surface area (Å²) in [5.41, 5.74) is 14.2. The first-order valence-corrected chi connectivity index (χ1v) is 21.2. The van der Waals surface area contributed by atoms with Gasteiger partial charge in [-0.05, 0) is 113 Å². The van der Waals surface area contributed by atoms with Gasteiger partial charge in [-0.15, -0.1) is 0 Å². The molecule has 1 atom stereocenters. The number of fused-ring (bicyclic) bond motifs is 10. The third-order valence-electron chi connectivity index (χ3n) is 13.6. The molecule has 2 heterocycles. The van der Waals surface area contributed by atoms with Crippen LogP contribution in [0.3, 0.4) is 0 Å². The lowest BCUT2D eigenvalue weighted by Crippen LogP contribution is -2.44. The van der Waals surface area contributed by atoms with E-state index in [4.69, 9.17) is 14.2 Å². The molecule has 10 rings (SSSR count). The van der Waals surface area contributed by atoms with Gasteiger partial charge >= 0.3 is 0 Å². The summed E-state index contributed by atoms with van der Waals surface area (Å²) in [6.07, 6.45) is 8.11. The minimum atomic E-state index is -0.859. The third kappa shape index (κ3) is 5.74. The van der Waals surface area contributed by atoms with E-state index in [9.17, 15) is 0 Å². The summed E-state index contributed by atoms with van der Waals surface area (Å²) in [5.74, 6) is 1.78. The van der Waals surface area contributed by atoms with Gasteiger partial charge in [-0.25, -0.2) is 0 Å². The number of anilines is 1. The second-order valence-electron chi connectivity index (χ2n) is 19.1. The van der Waals surface area contributed by atoms with E-state index in [1.807, 2.05) is 0 Å². The number of methoxy groups -OCH3 is 1. The summed E-state index contributed by atoms with van der Waals surface area (Å²) in [5, 5.41) is 2.30. The molecule has 294 valence electrons. The van der Waals surface area contributed by atoms with Gasteiger partial charge in [0.1, 0.15) is 11.5 Å². The lowest BCUT2D eigenvalue weighted by molar-refractivity contribution is 0.0642. The highest BCUT2D eigenvalue weighted by Gasteiger charge is 2.55. The van der Waals surface area contributed by atoms with Crippen molar-refractivity contribution in [2.24, 2.45) is 10.8 Å². The molecule has 6 aromatic rings. The van der Waals surface area contributed by atoms with Crippen molar-refractivity contribution in [1.29, 1.82) is 0 Å². The number of hydrogen-bond donors (Lipinski definition) is 0. The van der Waals surface area contributed by atoms with Gasteiger partial charge in [0.25, 0.3) is 0 Å². The Morgan fingerprint density at radius 1 is 0.655 bits per heavy atom. The monoisotopic (exact) mass is 765 g/mol. The standard InChI is InChI=1S/C54H55NO3/c1-35-17-22-40(36(2)29-35)43-30-44-45(31-47(43)56-7)50-42(49-48(44)41-15-11-12-16-46(41)53(49)33-51(3,4)32-52(5,6)34-53)23-24-54(58-50,37-13-9-8-10-14-37)38-18-20-39(21-19-38)55-25-27-57-28-26-55/h8-24,29-31H,25-28,32-34H2,1-7H3. The number of aryl methyl sites for hydroxylation is 2. The molecule has 4 aliphatic rings. The number of hydrogen-bond acceptors (Lipinski definition) is 4. The molecule has 2 aliphatic carbocycles. The van der Waals surface area contributed by atoms with Crippen LogP contribution in [0, 0.1) is 24.7 Å². The molecule has 0 radical (unpaired) electrons. The van der Waals surface area contributed by atoms with Gasteiger partial charge in [-0.1, -0.05) is 124 Å². The summed E-state index contributed by atoms with van der Waals surface area (Å²) in [7, 11) is 1.80. The molecule has 1 unspecified atom stereocenters. The van der Waals surface area contributed by atoms with Crippen molar-refractivity contribution in [2.75, 3.05) is 38.3 Å². The van der Waals surface area contributed by atoms with E-state index in [1.54, 1.807) is 7.11 Å². The second kappa shape index (κ2) is 13.4. The predicted octanol–water partition coefficient (Wildman–Crippen LogP) is 12.8. The summed E-state index contributed by atoms with van der Waals surface area (Å²) in [6, 6.07) is 40.6. The molecule has 1 saturated heterocycles. The molecule has 58 heavy (non-hydrogen) atoms. The number of nitrogens with zero attached hydrogens (tertiary/aromatic N) is 1. The van der Waals surface area contributed by atoms with Gasteiger partial charge < -0.3 is 19.1 Å². The van der Waals surface area contributed by atoms with Crippen LogP contribution in [0.5, 0.6) is 11.5 Å². The summed E-state index contributed by atoms with van der Waals surface area (Å²) >= 11 is 0. The Morgan fingerprint density at radius 2 is 1.34 bits per heavy atom. The van der Waals surface area contributed by atoms with Gasteiger partial charge in [-0.2, -0.15) is 0 Å². The number of benzene rings is 6. The molecule has 2 fully saturated rings. The van der Waals surface area contributed by atoms with E-state index >= 15 is 0 Å². The Morgan fingerprint density at radius 3 is 2.05 bits per heavy atom.